The minimum Gasteiger partial charge on any atom is -0.475 e. The molecule has 0 aliphatic carbocycles. The fourth-order valence-electron chi connectivity index (χ4n) is 4.32. The van der Waals surface area contributed by atoms with Crippen molar-refractivity contribution in [1.29, 1.82) is 0 Å². The van der Waals surface area contributed by atoms with Gasteiger partial charge < -0.3 is 19.9 Å². The number of anilines is 2. The minimum atomic E-state index is 0.0205. The number of benzene rings is 1. The number of hydrogen-bond donors (Lipinski definition) is 1. The maximum absolute atomic E-state index is 11.5. The Balaban J connectivity index is 1.42. The molecule has 2 saturated heterocycles. The standard InChI is InChI=1S/C25H29N7O2/c1-31(2)25-18-7-3-4-8-19(18)27-20(30-25)10-11-21-28-22(32-13-5-6-14-32)15-24(29-21)34-16-17-9-12-23(33)26-17/h3-4,7-8,10-11,15,17H,5-6,9,12-14,16H2,1-2H3,(H,26,33)/t17-/m1/s1. The molecule has 2 fully saturated rings. The summed E-state index contributed by atoms with van der Waals surface area (Å²) in [5.74, 6) is 3.42. The number of carbonyl (C=O) groups is 1. The highest BCUT2D eigenvalue weighted by atomic mass is 16.5. The number of nitrogens with zero attached hydrogens (tertiary/aromatic N) is 6. The SMILES string of the molecule is CN(C)c1nc(C=Cc2nc(OC[C@H]3CCC(=O)N3)cc(N3CCCC3)n2)nc2ccccc12. The molecule has 0 radical (unpaired) electrons. The van der Waals surface area contributed by atoms with Crippen LogP contribution in [-0.2, 0) is 4.79 Å². The van der Waals surface area contributed by atoms with Gasteiger partial charge >= 0.3 is 0 Å². The second-order valence-electron chi connectivity index (χ2n) is 8.88. The molecule has 2 aliphatic rings. The number of ether oxygens (including phenoxy) is 1. The first kappa shape index (κ1) is 22.1. The van der Waals surface area contributed by atoms with Gasteiger partial charge in [0.1, 0.15) is 18.2 Å². The van der Waals surface area contributed by atoms with E-state index in [1.54, 1.807) is 0 Å². The van der Waals surface area contributed by atoms with E-state index in [0.717, 1.165) is 54.9 Å². The summed E-state index contributed by atoms with van der Waals surface area (Å²) in [5.41, 5.74) is 0.884. The molecule has 5 rings (SSSR count). The molecule has 1 N–H and O–H groups in total. The zero-order valence-electron chi connectivity index (χ0n) is 19.6. The number of carbonyl (C=O) groups excluding carboxylic acids is 1. The van der Waals surface area contributed by atoms with Crippen LogP contribution in [-0.4, -0.2) is 65.7 Å². The van der Waals surface area contributed by atoms with Crippen LogP contribution in [0.1, 0.15) is 37.3 Å². The molecule has 2 aromatic heterocycles. The molecule has 0 bridgehead atoms. The van der Waals surface area contributed by atoms with E-state index < -0.39 is 0 Å². The van der Waals surface area contributed by atoms with Crippen LogP contribution < -0.4 is 19.9 Å². The highest BCUT2D eigenvalue weighted by molar-refractivity contribution is 5.90. The maximum Gasteiger partial charge on any atom is 0.220 e. The average molecular weight is 460 g/mol. The highest BCUT2D eigenvalue weighted by Gasteiger charge is 2.22. The van der Waals surface area contributed by atoms with E-state index in [9.17, 15) is 4.79 Å². The monoisotopic (exact) mass is 459 g/mol. The summed E-state index contributed by atoms with van der Waals surface area (Å²) in [4.78, 5) is 34.5. The van der Waals surface area contributed by atoms with Gasteiger partial charge in [0.05, 0.1) is 11.6 Å². The summed E-state index contributed by atoms with van der Waals surface area (Å²) in [6.45, 7) is 2.34. The van der Waals surface area contributed by atoms with E-state index >= 15 is 0 Å². The Morgan fingerprint density at radius 3 is 2.59 bits per heavy atom. The summed E-state index contributed by atoms with van der Waals surface area (Å²) in [5, 5.41) is 3.94. The van der Waals surface area contributed by atoms with E-state index in [0.29, 0.717) is 30.6 Å². The van der Waals surface area contributed by atoms with Crippen molar-refractivity contribution in [2.45, 2.75) is 31.7 Å². The molecular formula is C25H29N7O2. The third-order valence-corrected chi connectivity index (χ3v) is 6.06. The largest absolute Gasteiger partial charge is 0.475 e. The number of rotatable bonds is 7. The molecule has 2 aliphatic heterocycles. The average Bonchev–Trinajstić information content (AvgIpc) is 3.53. The molecule has 1 amide bonds. The van der Waals surface area contributed by atoms with Crippen LogP contribution >= 0.6 is 0 Å². The van der Waals surface area contributed by atoms with Gasteiger partial charge in [0.25, 0.3) is 0 Å². The Bertz CT molecular complexity index is 1220. The molecule has 34 heavy (non-hydrogen) atoms. The summed E-state index contributed by atoms with van der Waals surface area (Å²) in [7, 11) is 3.95. The number of fused-ring (bicyclic) bond motifs is 1. The number of para-hydroxylation sites is 1. The molecule has 1 atom stereocenters. The van der Waals surface area contributed by atoms with E-state index in [-0.39, 0.29) is 11.9 Å². The van der Waals surface area contributed by atoms with Crippen molar-refractivity contribution in [3.8, 4) is 5.88 Å². The topological polar surface area (TPSA) is 96.4 Å². The van der Waals surface area contributed by atoms with Gasteiger partial charge in [-0.3, -0.25) is 4.79 Å². The molecule has 176 valence electrons. The first-order valence-corrected chi connectivity index (χ1v) is 11.7. The zero-order valence-corrected chi connectivity index (χ0v) is 19.6. The molecule has 9 nitrogen and oxygen atoms in total. The van der Waals surface area contributed by atoms with E-state index in [1.165, 1.54) is 0 Å². The van der Waals surface area contributed by atoms with Crippen LogP contribution in [0.4, 0.5) is 11.6 Å². The Labute approximate surface area is 198 Å². The predicted octanol–water partition coefficient (Wildman–Crippen LogP) is 2.91. The minimum absolute atomic E-state index is 0.0205. The van der Waals surface area contributed by atoms with Crippen LogP contribution in [0.3, 0.4) is 0 Å². The Hall–Kier alpha value is -3.75. The van der Waals surface area contributed by atoms with Crippen molar-refractivity contribution < 1.29 is 9.53 Å². The quantitative estimate of drug-likeness (QED) is 0.576. The van der Waals surface area contributed by atoms with Crippen molar-refractivity contribution in [2.24, 2.45) is 0 Å². The van der Waals surface area contributed by atoms with Gasteiger partial charge in [-0.05, 0) is 43.5 Å². The first-order chi connectivity index (χ1) is 16.5. The lowest BCUT2D eigenvalue weighted by Gasteiger charge is -2.18. The Morgan fingerprint density at radius 1 is 1.09 bits per heavy atom. The van der Waals surface area contributed by atoms with Crippen molar-refractivity contribution in [3.05, 3.63) is 42.0 Å². The second-order valence-corrected chi connectivity index (χ2v) is 8.88. The fraction of sp³-hybridized carbons (Fsp3) is 0.400. The summed E-state index contributed by atoms with van der Waals surface area (Å²) in [6.07, 6.45) is 7.29. The van der Waals surface area contributed by atoms with Crippen LogP contribution in [0.2, 0.25) is 0 Å². The lowest BCUT2D eigenvalue weighted by Crippen LogP contribution is -2.31. The normalized spacial score (nSPS) is 18.1. The van der Waals surface area contributed by atoms with Crippen LogP contribution in [0.25, 0.3) is 23.1 Å². The summed E-state index contributed by atoms with van der Waals surface area (Å²) < 4.78 is 5.98. The third-order valence-electron chi connectivity index (χ3n) is 6.06. The van der Waals surface area contributed by atoms with Gasteiger partial charge in [0, 0.05) is 45.1 Å². The molecule has 9 heteroatoms. The lowest BCUT2D eigenvalue weighted by atomic mass is 10.2. The number of aromatic nitrogens is 4. The van der Waals surface area contributed by atoms with E-state index in [4.69, 9.17) is 14.7 Å². The molecule has 3 aromatic rings. The highest BCUT2D eigenvalue weighted by Crippen LogP contribution is 2.25. The molecule has 0 saturated carbocycles. The number of nitrogens with one attached hydrogen (secondary N) is 1. The first-order valence-electron chi connectivity index (χ1n) is 11.7. The van der Waals surface area contributed by atoms with Crippen LogP contribution in [0, 0.1) is 0 Å². The number of hydrogen-bond acceptors (Lipinski definition) is 8. The summed E-state index contributed by atoms with van der Waals surface area (Å²) in [6, 6.07) is 9.88. The van der Waals surface area contributed by atoms with Crippen molar-refractivity contribution in [3.63, 3.8) is 0 Å². The molecule has 0 spiro atoms. The van der Waals surface area contributed by atoms with Gasteiger partial charge in [0.2, 0.25) is 11.8 Å². The predicted molar refractivity (Wildman–Crippen MR) is 133 cm³/mol. The molecular weight excluding hydrogens is 430 g/mol. The zero-order chi connectivity index (χ0) is 23.5. The van der Waals surface area contributed by atoms with Gasteiger partial charge in [-0.2, -0.15) is 4.98 Å². The maximum atomic E-state index is 11.5. The molecule has 1 aromatic carbocycles. The fourth-order valence-corrected chi connectivity index (χ4v) is 4.32. The second kappa shape index (κ2) is 9.62. The third kappa shape index (κ3) is 4.93. The Morgan fingerprint density at radius 2 is 1.85 bits per heavy atom. The summed E-state index contributed by atoms with van der Waals surface area (Å²) >= 11 is 0. The Kier molecular flexibility index (Phi) is 6.24. The van der Waals surface area contributed by atoms with Gasteiger partial charge in [0.15, 0.2) is 11.6 Å². The molecule has 0 unspecified atom stereocenters. The number of amides is 1. The van der Waals surface area contributed by atoms with Crippen molar-refractivity contribution >= 4 is 40.6 Å². The van der Waals surface area contributed by atoms with Crippen LogP contribution in [0.5, 0.6) is 5.88 Å². The van der Waals surface area contributed by atoms with Gasteiger partial charge in [-0.1, -0.05) is 12.1 Å². The van der Waals surface area contributed by atoms with Crippen molar-refractivity contribution in [1.82, 2.24) is 25.3 Å². The van der Waals surface area contributed by atoms with E-state index in [1.807, 2.05) is 61.5 Å². The van der Waals surface area contributed by atoms with Gasteiger partial charge in [-0.15, -0.1) is 0 Å². The van der Waals surface area contributed by atoms with Crippen molar-refractivity contribution in [2.75, 3.05) is 43.6 Å². The smallest absolute Gasteiger partial charge is 0.220 e. The molecule has 4 heterocycles. The van der Waals surface area contributed by atoms with E-state index in [2.05, 4.69) is 20.2 Å². The van der Waals surface area contributed by atoms with Crippen LogP contribution in [0.15, 0.2) is 30.3 Å². The van der Waals surface area contributed by atoms with Gasteiger partial charge in [-0.25, -0.2) is 15.0 Å². The lowest BCUT2D eigenvalue weighted by molar-refractivity contribution is -0.119.